The van der Waals surface area contributed by atoms with Gasteiger partial charge in [0.15, 0.2) is 0 Å². The van der Waals surface area contributed by atoms with Crippen molar-refractivity contribution < 1.29 is 24.4 Å². The van der Waals surface area contributed by atoms with Gasteiger partial charge in [-0.25, -0.2) is 0 Å². The molecule has 0 saturated heterocycles. The number of fused-ring (bicyclic) bond motifs is 2. The van der Waals surface area contributed by atoms with Crippen LogP contribution in [0.25, 0.3) is 10.8 Å². The molecule has 4 rings (SSSR count). The number of aliphatic hydroxyl groups excluding tert-OH is 2. The van der Waals surface area contributed by atoms with Crippen molar-refractivity contribution in [2.24, 2.45) is 0 Å². The maximum Gasteiger partial charge on any atom is 0.131 e. The molecule has 29 heavy (non-hydrogen) atoms. The van der Waals surface area contributed by atoms with Crippen LogP contribution in [0.3, 0.4) is 0 Å². The highest BCUT2D eigenvalue weighted by Crippen LogP contribution is 2.44. The molecule has 1 aliphatic carbocycles. The van der Waals surface area contributed by atoms with Crippen molar-refractivity contribution in [3.63, 3.8) is 0 Å². The Balaban J connectivity index is 1.79. The third kappa shape index (κ3) is 4.06. The Kier molecular flexibility index (Phi) is 5.98. The van der Waals surface area contributed by atoms with E-state index in [2.05, 4.69) is 6.08 Å². The molecule has 3 aromatic rings. The number of ether oxygens (including phenoxy) is 3. The maximum absolute atomic E-state index is 9.31. The van der Waals surface area contributed by atoms with E-state index in [1.165, 1.54) is 0 Å². The largest absolute Gasteiger partial charge is 0.490 e. The lowest BCUT2D eigenvalue weighted by Gasteiger charge is -2.25. The van der Waals surface area contributed by atoms with Crippen LogP contribution in [0.5, 0.6) is 17.2 Å². The molecule has 0 amide bonds. The number of benzene rings is 3. The molecule has 5 nitrogen and oxygen atoms in total. The molecular formula is C24H24O5. The molecule has 0 atom stereocenters. The van der Waals surface area contributed by atoms with Crippen molar-refractivity contribution in [3.8, 4) is 17.2 Å². The van der Waals surface area contributed by atoms with Gasteiger partial charge in [0.1, 0.15) is 36.2 Å². The minimum Gasteiger partial charge on any atom is -0.490 e. The highest BCUT2D eigenvalue weighted by Gasteiger charge is 2.25. The molecule has 0 aliphatic heterocycles. The highest BCUT2D eigenvalue weighted by atomic mass is 16.5. The Morgan fingerprint density at radius 3 is 1.93 bits per heavy atom. The van der Waals surface area contributed by atoms with Gasteiger partial charge in [0, 0.05) is 28.3 Å². The zero-order chi connectivity index (χ0) is 20.1. The minimum atomic E-state index is -0.0604. The van der Waals surface area contributed by atoms with Crippen molar-refractivity contribution in [1.82, 2.24) is 0 Å². The Labute approximate surface area is 169 Å². The first-order chi connectivity index (χ1) is 14.3. The summed E-state index contributed by atoms with van der Waals surface area (Å²) in [5.41, 5.74) is 2.03. The zero-order valence-corrected chi connectivity index (χ0v) is 16.1. The van der Waals surface area contributed by atoms with Crippen LogP contribution >= 0.6 is 0 Å². The Bertz CT molecular complexity index is 1010. The zero-order valence-electron chi connectivity index (χ0n) is 16.1. The van der Waals surface area contributed by atoms with Gasteiger partial charge >= 0.3 is 0 Å². The molecule has 0 radical (unpaired) electrons. The Hall–Kier alpha value is -3.02. The normalized spacial score (nSPS) is 13.0. The molecule has 0 fully saturated rings. The summed E-state index contributed by atoms with van der Waals surface area (Å²) in [6.07, 6.45) is 3.26. The molecule has 0 bridgehead atoms. The lowest BCUT2D eigenvalue weighted by Crippen LogP contribution is -2.14. The summed E-state index contributed by atoms with van der Waals surface area (Å²) < 4.78 is 18.0. The van der Waals surface area contributed by atoms with E-state index in [9.17, 15) is 10.2 Å². The van der Waals surface area contributed by atoms with Crippen molar-refractivity contribution in [3.05, 3.63) is 77.6 Å². The van der Waals surface area contributed by atoms with Crippen LogP contribution in [0.15, 0.2) is 66.4 Å². The molecule has 0 unspecified atom stereocenters. The number of rotatable bonds is 8. The van der Waals surface area contributed by atoms with Crippen molar-refractivity contribution >= 4 is 10.8 Å². The third-order valence-corrected chi connectivity index (χ3v) is 4.88. The van der Waals surface area contributed by atoms with Gasteiger partial charge in [-0.1, -0.05) is 42.5 Å². The van der Waals surface area contributed by atoms with Crippen LogP contribution in [0.1, 0.15) is 11.1 Å². The van der Waals surface area contributed by atoms with Crippen molar-refractivity contribution in [2.75, 3.05) is 26.4 Å². The molecule has 0 spiro atoms. The molecule has 0 aromatic heterocycles. The van der Waals surface area contributed by atoms with Crippen LogP contribution in [-0.2, 0) is 12.8 Å². The molecule has 2 N–H and O–H groups in total. The van der Waals surface area contributed by atoms with E-state index in [0.717, 1.165) is 44.9 Å². The number of hydrogen-bond acceptors (Lipinski definition) is 5. The molecule has 3 aromatic carbocycles. The van der Waals surface area contributed by atoms with Gasteiger partial charge in [0.2, 0.25) is 0 Å². The van der Waals surface area contributed by atoms with Crippen LogP contribution < -0.4 is 14.2 Å². The number of hydrogen-bond donors (Lipinski definition) is 2. The first-order valence-corrected chi connectivity index (χ1v) is 9.77. The average molecular weight is 392 g/mol. The van der Waals surface area contributed by atoms with Gasteiger partial charge in [-0.15, -0.1) is 0 Å². The van der Waals surface area contributed by atoms with Gasteiger partial charge in [0.05, 0.1) is 13.2 Å². The standard InChI is InChI=1S/C24H24O5/c25-12-14-27-23-19-8-4-5-9-20(19)24(28-15-13-26)22-16-18(10-11-21(22)23)29-17-6-2-1-3-7-17/h1-10,25-26H,11-16H2. The monoisotopic (exact) mass is 392 g/mol. The number of aliphatic hydroxyl groups is 2. The first kappa shape index (κ1) is 19.3. The minimum absolute atomic E-state index is 0.0515. The van der Waals surface area contributed by atoms with Crippen molar-refractivity contribution in [2.45, 2.75) is 12.8 Å². The number of para-hydroxylation sites is 1. The second kappa shape index (κ2) is 8.99. The SMILES string of the molecule is OCCOc1c2c(c(OCCO)c3ccccc13)CC(Oc1ccccc1)=CC2. The van der Waals surface area contributed by atoms with Gasteiger partial charge in [-0.2, -0.15) is 0 Å². The van der Waals surface area contributed by atoms with Gasteiger partial charge in [-0.05, 0) is 24.6 Å². The van der Waals surface area contributed by atoms with E-state index in [1.807, 2.05) is 54.6 Å². The molecule has 0 heterocycles. The quantitative estimate of drug-likeness (QED) is 0.613. The lowest BCUT2D eigenvalue weighted by molar-refractivity contribution is 0.198. The summed E-state index contributed by atoms with van der Waals surface area (Å²) in [7, 11) is 0. The topological polar surface area (TPSA) is 68.2 Å². The number of allylic oxidation sites excluding steroid dienone is 2. The summed E-state index contributed by atoms with van der Waals surface area (Å²) >= 11 is 0. The fourth-order valence-corrected chi connectivity index (χ4v) is 3.69. The summed E-state index contributed by atoms with van der Waals surface area (Å²) in [6.45, 7) is 0.329. The molecule has 150 valence electrons. The van der Waals surface area contributed by atoms with Crippen LogP contribution in [0.4, 0.5) is 0 Å². The average Bonchev–Trinajstić information content (AvgIpc) is 2.77. The molecule has 0 saturated carbocycles. The van der Waals surface area contributed by atoms with E-state index in [0.29, 0.717) is 12.8 Å². The Morgan fingerprint density at radius 1 is 0.724 bits per heavy atom. The first-order valence-electron chi connectivity index (χ1n) is 9.77. The second-order valence-corrected chi connectivity index (χ2v) is 6.77. The van der Waals surface area contributed by atoms with E-state index < -0.39 is 0 Å². The van der Waals surface area contributed by atoms with Crippen LogP contribution in [0.2, 0.25) is 0 Å². The summed E-state index contributed by atoms with van der Waals surface area (Å²) in [6, 6.07) is 17.6. The fourth-order valence-electron chi connectivity index (χ4n) is 3.69. The van der Waals surface area contributed by atoms with E-state index in [-0.39, 0.29) is 26.4 Å². The predicted molar refractivity (Wildman–Crippen MR) is 112 cm³/mol. The second-order valence-electron chi connectivity index (χ2n) is 6.77. The van der Waals surface area contributed by atoms with Gasteiger partial charge in [-0.3, -0.25) is 0 Å². The van der Waals surface area contributed by atoms with E-state index >= 15 is 0 Å². The molecule has 1 aliphatic rings. The highest BCUT2D eigenvalue weighted by molar-refractivity contribution is 5.96. The molecular weight excluding hydrogens is 368 g/mol. The summed E-state index contributed by atoms with van der Waals surface area (Å²) in [5, 5.41) is 20.4. The third-order valence-electron chi connectivity index (χ3n) is 4.88. The smallest absolute Gasteiger partial charge is 0.131 e. The summed E-state index contributed by atoms with van der Waals surface area (Å²) in [5.74, 6) is 3.16. The van der Waals surface area contributed by atoms with Crippen LogP contribution in [-0.4, -0.2) is 36.6 Å². The fraction of sp³-hybridized carbons (Fsp3) is 0.250. The molecule has 5 heteroatoms. The predicted octanol–water partition coefficient (Wildman–Crippen LogP) is 3.64. The van der Waals surface area contributed by atoms with Gasteiger partial charge < -0.3 is 24.4 Å². The lowest BCUT2D eigenvalue weighted by atomic mass is 9.89. The maximum atomic E-state index is 9.31. The van der Waals surface area contributed by atoms with E-state index in [4.69, 9.17) is 14.2 Å². The van der Waals surface area contributed by atoms with Crippen LogP contribution in [0, 0.1) is 0 Å². The Morgan fingerprint density at radius 2 is 1.31 bits per heavy atom. The van der Waals surface area contributed by atoms with E-state index in [1.54, 1.807) is 0 Å². The summed E-state index contributed by atoms with van der Waals surface area (Å²) in [4.78, 5) is 0. The van der Waals surface area contributed by atoms with Crippen molar-refractivity contribution in [1.29, 1.82) is 0 Å². The van der Waals surface area contributed by atoms with Gasteiger partial charge in [0.25, 0.3) is 0 Å².